The molecule has 1 aliphatic rings. The van der Waals surface area contributed by atoms with Crippen LogP contribution in [0.4, 0.5) is 11.4 Å². The monoisotopic (exact) mass is 312 g/mol. The van der Waals surface area contributed by atoms with E-state index in [1.54, 1.807) is 24.3 Å². The number of amides is 2. The molecule has 6 nitrogen and oxygen atoms in total. The van der Waals surface area contributed by atoms with Crippen molar-refractivity contribution in [1.29, 1.82) is 0 Å². The smallest absolute Gasteiger partial charge is 0.276 e. The van der Waals surface area contributed by atoms with Crippen LogP contribution in [-0.2, 0) is 17.8 Å². The number of aromatic nitrogens is 2. The van der Waals surface area contributed by atoms with E-state index >= 15 is 0 Å². The number of aryl methyl sites for hydroxylation is 1. The lowest BCUT2D eigenvalue weighted by Crippen LogP contribution is -2.18. The molecule has 1 aliphatic heterocycles. The van der Waals surface area contributed by atoms with E-state index in [0.29, 0.717) is 17.1 Å². The zero-order valence-electron chi connectivity index (χ0n) is 13.3. The first-order valence-electron chi connectivity index (χ1n) is 7.79. The summed E-state index contributed by atoms with van der Waals surface area (Å²) in [6.07, 6.45) is 3.10. The van der Waals surface area contributed by atoms with Gasteiger partial charge in [-0.2, -0.15) is 0 Å². The lowest BCUT2D eigenvalue weighted by molar-refractivity contribution is -0.114. The van der Waals surface area contributed by atoms with Crippen molar-refractivity contribution in [2.45, 2.75) is 39.7 Å². The van der Waals surface area contributed by atoms with Crippen molar-refractivity contribution in [2.75, 3.05) is 10.6 Å². The average molecular weight is 312 g/mol. The molecular weight excluding hydrogens is 292 g/mol. The van der Waals surface area contributed by atoms with E-state index in [2.05, 4.69) is 20.2 Å². The molecule has 23 heavy (non-hydrogen) atoms. The second-order valence-electron chi connectivity index (χ2n) is 5.78. The first-order chi connectivity index (χ1) is 11.0. The van der Waals surface area contributed by atoms with Gasteiger partial charge in [0.25, 0.3) is 5.91 Å². The Labute approximate surface area is 134 Å². The molecule has 3 rings (SSSR count). The van der Waals surface area contributed by atoms with E-state index in [0.717, 1.165) is 37.3 Å². The van der Waals surface area contributed by atoms with Gasteiger partial charge in [0, 0.05) is 24.8 Å². The van der Waals surface area contributed by atoms with E-state index in [1.807, 2.05) is 6.92 Å². The minimum atomic E-state index is -0.205. The molecule has 2 amide bonds. The number of benzene rings is 1. The van der Waals surface area contributed by atoms with Crippen molar-refractivity contribution < 1.29 is 9.59 Å². The third kappa shape index (κ3) is 3.26. The van der Waals surface area contributed by atoms with Crippen molar-refractivity contribution in [3.8, 4) is 0 Å². The number of nitrogens with one attached hydrogen (secondary N) is 2. The Morgan fingerprint density at radius 1 is 1.17 bits per heavy atom. The van der Waals surface area contributed by atoms with Crippen LogP contribution in [0.5, 0.6) is 0 Å². The number of rotatable bonds is 3. The maximum atomic E-state index is 12.6. The van der Waals surface area contributed by atoms with E-state index in [4.69, 9.17) is 0 Å². The number of hydrogen-bond acceptors (Lipinski definition) is 3. The van der Waals surface area contributed by atoms with Gasteiger partial charge in [-0.3, -0.25) is 9.59 Å². The van der Waals surface area contributed by atoms with Crippen molar-refractivity contribution in [3.05, 3.63) is 41.5 Å². The molecule has 0 atom stereocenters. The third-order valence-corrected chi connectivity index (χ3v) is 3.96. The quantitative estimate of drug-likeness (QED) is 0.915. The molecule has 1 aromatic heterocycles. The zero-order valence-corrected chi connectivity index (χ0v) is 13.3. The number of anilines is 2. The fourth-order valence-corrected chi connectivity index (χ4v) is 2.97. The van der Waals surface area contributed by atoms with E-state index in [1.165, 1.54) is 6.92 Å². The van der Waals surface area contributed by atoms with Crippen LogP contribution >= 0.6 is 0 Å². The van der Waals surface area contributed by atoms with Crippen LogP contribution in [0.15, 0.2) is 24.3 Å². The maximum Gasteiger partial charge on any atom is 0.276 e. The molecule has 0 spiro atoms. The molecule has 0 aliphatic carbocycles. The average Bonchev–Trinajstić information content (AvgIpc) is 2.85. The van der Waals surface area contributed by atoms with Crippen molar-refractivity contribution >= 4 is 23.2 Å². The summed E-state index contributed by atoms with van der Waals surface area (Å²) in [5, 5.41) is 5.57. The summed E-state index contributed by atoms with van der Waals surface area (Å²) in [4.78, 5) is 28.1. The van der Waals surface area contributed by atoms with Gasteiger partial charge in [0.15, 0.2) is 0 Å². The summed E-state index contributed by atoms with van der Waals surface area (Å²) in [5.74, 6) is 0.535. The second kappa shape index (κ2) is 6.24. The van der Waals surface area contributed by atoms with Gasteiger partial charge in [-0.15, -0.1) is 0 Å². The standard InChI is InChI=1S/C17H20N4O2/c1-11-18-16(15-8-3-4-9-21(11)15)17(23)20-14-7-5-6-13(10-14)19-12(2)22/h5-7,10H,3-4,8-9H2,1-2H3,(H,19,22)(H,20,23). The summed E-state index contributed by atoms with van der Waals surface area (Å²) < 4.78 is 2.13. The van der Waals surface area contributed by atoms with E-state index in [9.17, 15) is 9.59 Å². The molecule has 0 bridgehead atoms. The predicted molar refractivity (Wildman–Crippen MR) is 88.6 cm³/mol. The zero-order chi connectivity index (χ0) is 16.4. The second-order valence-corrected chi connectivity index (χ2v) is 5.78. The summed E-state index contributed by atoms with van der Waals surface area (Å²) in [6.45, 7) is 4.31. The highest BCUT2D eigenvalue weighted by Gasteiger charge is 2.22. The van der Waals surface area contributed by atoms with Gasteiger partial charge < -0.3 is 15.2 Å². The molecule has 0 radical (unpaired) electrons. The fraction of sp³-hybridized carbons (Fsp3) is 0.353. The van der Waals surface area contributed by atoms with Crippen molar-refractivity contribution in [2.24, 2.45) is 0 Å². The topological polar surface area (TPSA) is 76.0 Å². The molecule has 2 heterocycles. The molecule has 0 fully saturated rings. The van der Waals surface area contributed by atoms with Crippen LogP contribution in [0.25, 0.3) is 0 Å². The normalized spacial score (nSPS) is 13.3. The van der Waals surface area contributed by atoms with Crippen LogP contribution in [-0.4, -0.2) is 21.4 Å². The van der Waals surface area contributed by atoms with Crippen LogP contribution < -0.4 is 10.6 Å². The van der Waals surface area contributed by atoms with Gasteiger partial charge in [-0.1, -0.05) is 6.07 Å². The van der Waals surface area contributed by atoms with Crippen molar-refractivity contribution in [1.82, 2.24) is 9.55 Å². The largest absolute Gasteiger partial charge is 0.331 e. The molecule has 1 aromatic carbocycles. The van der Waals surface area contributed by atoms with Crippen LogP contribution in [0, 0.1) is 6.92 Å². The molecular formula is C17H20N4O2. The molecule has 0 saturated heterocycles. The number of fused-ring (bicyclic) bond motifs is 1. The first kappa shape index (κ1) is 15.3. The van der Waals surface area contributed by atoms with Gasteiger partial charge >= 0.3 is 0 Å². The predicted octanol–water partition coefficient (Wildman–Crippen LogP) is 2.74. The minimum Gasteiger partial charge on any atom is -0.331 e. The van der Waals surface area contributed by atoms with Gasteiger partial charge in [0.1, 0.15) is 11.5 Å². The molecule has 6 heteroatoms. The third-order valence-electron chi connectivity index (χ3n) is 3.96. The molecule has 0 unspecified atom stereocenters. The summed E-state index contributed by atoms with van der Waals surface area (Å²) in [5.41, 5.74) is 2.81. The Bertz CT molecular complexity index is 764. The number of imidazole rings is 1. The first-order valence-corrected chi connectivity index (χ1v) is 7.79. The van der Waals surface area contributed by atoms with Gasteiger partial charge in [0.05, 0.1) is 5.69 Å². The van der Waals surface area contributed by atoms with Crippen LogP contribution in [0.3, 0.4) is 0 Å². The van der Waals surface area contributed by atoms with E-state index < -0.39 is 0 Å². The SMILES string of the molecule is CC(=O)Nc1cccc(NC(=O)c2nc(C)n3c2CCCC3)c1. The Morgan fingerprint density at radius 3 is 2.65 bits per heavy atom. The van der Waals surface area contributed by atoms with E-state index in [-0.39, 0.29) is 11.8 Å². The highest BCUT2D eigenvalue weighted by Crippen LogP contribution is 2.22. The lowest BCUT2D eigenvalue weighted by atomic mass is 10.1. The summed E-state index contributed by atoms with van der Waals surface area (Å²) >= 11 is 0. The molecule has 120 valence electrons. The van der Waals surface area contributed by atoms with Gasteiger partial charge in [0.2, 0.25) is 5.91 Å². The summed E-state index contributed by atoms with van der Waals surface area (Å²) in [7, 11) is 0. The van der Waals surface area contributed by atoms with Gasteiger partial charge in [-0.05, 0) is 44.4 Å². The summed E-state index contributed by atoms with van der Waals surface area (Å²) in [6, 6.07) is 7.09. The number of carbonyl (C=O) groups is 2. The lowest BCUT2D eigenvalue weighted by Gasteiger charge is -2.16. The van der Waals surface area contributed by atoms with Gasteiger partial charge in [-0.25, -0.2) is 4.98 Å². The molecule has 2 aromatic rings. The minimum absolute atomic E-state index is 0.146. The molecule has 2 N–H and O–H groups in total. The Kier molecular flexibility index (Phi) is 4.14. The maximum absolute atomic E-state index is 12.6. The highest BCUT2D eigenvalue weighted by molar-refractivity contribution is 6.04. The molecule has 0 saturated carbocycles. The number of carbonyl (C=O) groups excluding carboxylic acids is 2. The van der Waals surface area contributed by atoms with Crippen LogP contribution in [0.2, 0.25) is 0 Å². The number of hydrogen-bond donors (Lipinski definition) is 2. The Morgan fingerprint density at radius 2 is 1.91 bits per heavy atom. The number of nitrogens with zero attached hydrogens (tertiary/aromatic N) is 2. The Balaban J connectivity index is 1.81. The van der Waals surface area contributed by atoms with Crippen LogP contribution in [0.1, 0.15) is 41.8 Å². The van der Waals surface area contributed by atoms with Crippen molar-refractivity contribution in [3.63, 3.8) is 0 Å². The highest BCUT2D eigenvalue weighted by atomic mass is 16.2. The Hall–Kier alpha value is -2.63. The fourth-order valence-electron chi connectivity index (χ4n) is 2.97.